The summed E-state index contributed by atoms with van der Waals surface area (Å²) < 4.78 is 7.25. The van der Waals surface area contributed by atoms with Crippen LogP contribution in [0.4, 0.5) is 4.79 Å². The van der Waals surface area contributed by atoms with Crippen LogP contribution in [0, 0.1) is 17.8 Å². The Bertz CT molecular complexity index is 526. The van der Waals surface area contributed by atoms with Gasteiger partial charge in [-0.05, 0) is 57.3 Å². The van der Waals surface area contributed by atoms with Gasteiger partial charge in [0.15, 0.2) is 0 Å². The summed E-state index contributed by atoms with van der Waals surface area (Å²) in [4.78, 5) is 11.6. The van der Waals surface area contributed by atoms with Crippen LogP contribution in [0.5, 0.6) is 0 Å². The molecule has 1 fully saturated rings. The van der Waals surface area contributed by atoms with Gasteiger partial charge in [-0.2, -0.15) is 0 Å². The van der Waals surface area contributed by atoms with Crippen LogP contribution in [0.15, 0.2) is 0 Å². The monoisotopic (exact) mass is 292 g/mol. The molecule has 0 aromatic carbocycles. The molecule has 1 heterocycles. The minimum absolute atomic E-state index is 0.124. The summed E-state index contributed by atoms with van der Waals surface area (Å²) in [5.74, 6) is 1.91. The molecule has 116 valence electrons. The molecule has 1 saturated carbocycles. The van der Waals surface area contributed by atoms with Gasteiger partial charge in [0.2, 0.25) is 0 Å². The molecule has 1 amide bonds. The lowest BCUT2D eigenvalue weighted by Gasteiger charge is -2.09. The number of ether oxygens (including phenoxy) is 1. The van der Waals surface area contributed by atoms with Gasteiger partial charge in [0.25, 0.3) is 0 Å². The van der Waals surface area contributed by atoms with E-state index in [2.05, 4.69) is 15.6 Å². The fraction of sp³-hybridized carbons (Fsp3) is 0.800. The van der Waals surface area contributed by atoms with Crippen molar-refractivity contribution in [3.63, 3.8) is 0 Å². The zero-order valence-corrected chi connectivity index (χ0v) is 13.0. The summed E-state index contributed by atoms with van der Waals surface area (Å²) >= 11 is 0. The molecule has 1 N–H and O–H groups in total. The molecule has 0 bridgehead atoms. The van der Waals surface area contributed by atoms with Gasteiger partial charge in [-0.3, -0.25) is 4.68 Å². The quantitative estimate of drug-likeness (QED) is 0.920. The summed E-state index contributed by atoms with van der Waals surface area (Å²) in [6, 6.07) is 0.124. The number of nitrogens with one attached hydrogen (secondary N) is 1. The summed E-state index contributed by atoms with van der Waals surface area (Å²) in [6.45, 7) is 4.42. The van der Waals surface area contributed by atoms with Crippen LogP contribution >= 0.6 is 0 Å². The maximum absolute atomic E-state index is 11.6. The summed E-state index contributed by atoms with van der Waals surface area (Å²) in [5.41, 5.74) is 2.43. The largest absolute Gasteiger partial charge is 0.449 e. The normalized spacial score (nSPS) is 27.3. The highest BCUT2D eigenvalue weighted by atomic mass is 16.5. The van der Waals surface area contributed by atoms with Crippen molar-refractivity contribution in [3.8, 4) is 0 Å². The minimum atomic E-state index is -0.293. The molecule has 21 heavy (non-hydrogen) atoms. The molecule has 6 heteroatoms. The molecule has 1 aromatic heterocycles. The fourth-order valence-electron chi connectivity index (χ4n) is 3.60. The second-order valence-electron chi connectivity index (χ2n) is 6.57. The predicted molar refractivity (Wildman–Crippen MR) is 77.7 cm³/mol. The molecule has 2 aliphatic rings. The second-order valence-corrected chi connectivity index (χ2v) is 6.57. The Labute approximate surface area is 125 Å². The number of aryl methyl sites for hydroxylation is 2. The van der Waals surface area contributed by atoms with E-state index in [0.717, 1.165) is 31.4 Å². The molecular weight excluding hydrogens is 268 g/mol. The molecule has 3 atom stereocenters. The number of alkyl carbamates (subject to hydrolysis) is 1. The van der Waals surface area contributed by atoms with Crippen molar-refractivity contribution in [1.29, 1.82) is 0 Å². The second kappa shape index (κ2) is 5.66. The van der Waals surface area contributed by atoms with Crippen LogP contribution in [-0.4, -0.2) is 33.7 Å². The van der Waals surface area contributed by atoms with E-state index in [1.165, 1.54) is 5.69 Å². The maximum atomic E-state index is 11.6. The Morgan fingerprint density at radius 1 is 1.38 bits per heavy atom. The van der Waals surface area contributed by atoms with E-state index in [4.69, 9.17) is 4.74 Å². The van der Waals surface area contributed by atoms with E-state index in [1.807, 2.05) is 25.6 Å². The van der Waals surface area contributed by atoms with E-state index < -0.39 is 0 Å². The Morgan fingerprint density at radius 3 is 2.81 bits per heavy atom. The smallest absolute Gasteiger partial charge is 0.407 e. The van der Waals surface area contributed by atoms with Gasteiger partial charge in [-0.25, -0.2) is 4.79 Å². The number of rotatable bonds is 3. The molecule has 3 unspecified atom stereocenters. The van der Waals surface area contributed by atoms with Crippen molar-refractivity contribution in [1.82, 2.24) is 20.3 Å². The third-order valence-electron chi connectivity index (χ3n) is 4.77. The van der Waals surface area contributed by atoms with Gasteiger partial charge >= 0.3 is 6.09 Å². The Morgan fingerprint density at radius 2 is 2.10 bits per heavy atom. The first-order valence-electron chi connectivity index (χ1n) is 7.87. The first kappa shape index (κ1) is 14.4. The average Bonchev–Trinajstić information content (AvgIpc) is 2.93. The lowest BCUT2D eigenvalue weighted by atomic mass is 10.0. The van der Waals surface area contributed by atoms with E-state index in [9.17, 15) is 4.79 Å². The van der Waals surface area contributed by atoms with Crippen molar-refractivity contribution in [2.75, 3.05) is 6.61 Å². The van der Waals surface area contributed by atoms with Crippen molar-refractivity contribution < 1.29 is 9.53 Å². The topological polar surface area (TPSA) is 69.0 Å². The van der Waals surface area contributed by atoms with Crippen LogP contribution in [-0.2, 0) is 24.6 Å². The number of amides is 1. The van der Waals surface area contributed by atoms with Gasteiger partial charge in [0.1, 0.15) is 0 Å². The Kier molecular flexibility index (Phi) is 3.87. The molecule has 0 spiro atoms. The van der Waals surface area contributed by atoms with Crippen LogP contribution in [0.2, 0.25) is 0 Å². The predicted octanol–water partition coefficient (Wildman–Crippen LogP) is 1.69. The highest BCUT2D eigenvalue weighted by Gasteiger charge is 2.50. The van der Waals surface area contributed by atoms with Crippen LogP contribution < -0.4 is 5.32 Å². The SMILES string of the molecule is CC(C)NC(=O)OCC1C2CCc3nnn(C)c3CCC21. The number of hydrogen-bond donors (Lipinski definition) is 1. The van der Waals surface area contributed by atoms with Crippen molar-refractivity contribution in [2.45, 2.75) is 45.6 Å². The van der Waals surface area contributed by atoms with Gasteiger partial charge in [0, 0.05) is 13.1 Å². The third-order valence-corrected chi connectivity index (χ3v) is 4.77. The molecule has 2 aliphatic carbocycles. The third kappa shape index (κ3) is 3.04. The molecular formula is C15H24N4O2. The standard InChI is InChI=1S/C15H24N4O2/c1-9(2)16-15(20)21-8-12-10-4-6-13-14(7-5-11(10)12)19(3)18-17-13/h9-12H,4-8H2,1-3H3,(H,16,20). The van der Waals surface area contributed by atoms with Gasteiger partial charge in [-0.1, -0.05) is 5.21 Å². The lowest BCUT2D eigenvalue weighted by Crippen LogP contribution is -2.31. The molecule has 0 saturated heterocycles. The van der Waals surface area contributed by atoms with Gasteiger partial charge in [0.05, 0.1) is 18.0 Å². The Hall–Kier alpha value is -1.59. The van der Waals surface area contributed by atoms with E-state index in [0.29, 0.717) is 24.4 Å². The van der Waals surface area contributed by atoms with Crippen molar-refractivity contribution in [3.05, 3.63) is 11.4 Å². The maximum Gasteiger partial charge on any atom is 0.407 e. The zero-order valence-electron chi connectivity index (χ0n) is 13.0. The van der Waals surface area contributed by atoms with Gasteiger partial charge in [-0.15, -0.1) is 5.10 Å². The molecule has 6 nitrogen and oxygen atoms in total. The number of hydrogen-bond acceptors (Lipinski definition) is 4. The number of carbonyl (C=O) groups excluding carboxylic acids is 1. The number of carbonyl (C=O) groups is 1. The number of aromatic nitrogens is 3. The summed E-state index contributed by atoms with van der Waals surface area (Å²) in [7, 11) is 1.97. The molecule has 0 aliphatic heterocycles. The highest BCUT2D eigenvalue weighted by Crippen LogP contribution is 2.52. The first-order chi connectivity index (χ1) is 10.1. The van der Waals surface area contributed by atoms with E-state index in [-0.39, 0.29) is 12.1 Å². The van der Waals surface area contributed by atoms with E-state index in [1.54, 1.807) is 0 Å². The van der Waals surface area contributed by atoms with Crippen LogP contribution in [0.25, 0.3) is 0 Å². The molecule has 3 rings (SSSR count). The van der Waals surface area contributed by atoms with Crippen molar-refractivity contribution >= 4 is 6.09 Å². The number of fused-ring (bicyclic) bond motifs is 2. The zero-order chi connectivity index (χ0) is 15.0. The fourth-order valence-corrected chi connectivity index (χ4v) is 3.60. The highest BCUT2D eigenvalue weighted by molar-refractivity contribution is 5.67. The molecule has 1 aromatic rings. The first-order valence-corrected chi connectivity index (χ1v) is 7.87. The molecule has 0 radical (unpaired) electrons. The van der Waals surface area contributed by atoms with Crippen molar-refractivity contribution in [2.24, 2.45) is 24.8 Å². The van der Waals surface area contributed by atoms with E-state index >= 15 is 0 Å². The summed E-state index contributed by atoms with van der Waals surface area (Å²) in [6.07, 6.45) is 4.03. The van der Waals surface area contributed by atoms with Gasteiger partial charge < -0.3 is 10.1 Å². The summed E-state index contributed by atoms with van der Waals surface area (Å²) in [5, 5.41) is 11.1. The number of nitrogens with zero attached hydrogens (tertiary/aromatic N) is 3. The minimum Gasteiger partial charge on any atom is -0.449 e. The van der Waals surface area contributed by atoms with Crippen LogP contribution in [0.1, 0.15) is 38.1 Å². The average molecular weight is 292 g/mol. The lowest BCUT2D eigenvalue weighted by molar-refractivity contribution is 0.135. The van der Waals surface area contributed by atoms with Crippen LogP contribution in [0.3, 0.4) is 0 Å². The Balaban J connectivity index is 1.51.